The van der Waals surface area contributed by atoms with E-state index in [9.17, 15) is 0 Å². The highest BCUT2D eigenvalue weighted by atomic mass is 79.9. The largest absolute Gasteiger partial charge is 0.383 e. The Kier molecular flexibility index (Phi) is 2.54. The van der Waals surface area contributed by atoms with E-state index in [1.807, 2.05) is 0 Å². The first-order valence-electron chi connectivity index (χ1n) is 4.69. The van der Waals surface area contributed by atoms with Gasteiger partial charge in [0.05, 0.1) is 4.47 Å². The summed E-state index contributed by atoms with van der Waals surface area (Å²) in [7, 11) is 0. The molecule has 1 saturated carbocycles. The van der Waals surface area contributed by atoms with Gasteiger partial charge in [-0.2, -0.15) is 0 Å². The molecule has 0 unspecified atom stereocenters. The summed E-state index contributed by atoms with van der Waals surface area (Å²) in [5.41, 5.74) is 7.07. The van der Waals surface area contributed by atoms with E-state index in [2.05, 4.69) is 27.0 Å². The Morgan fingerprint density at radius 1 is 1.38 bits per heavy atom. The second-order valence-electron chi connectivity index (χ2n) is 3.58. The standard InChI is InChI=1S/C10H13BrN2/c11-9-8(5-6-13-10(9)12)7-3-1-2-4-7/h5-7H,1-4H2,(H2,12,13). The fourth-order valence-electron chi connectivity index (χ4n) is 2.03. The summed E-state index contributed by atoms with van der Waals surface area (Å²) in [5, 5.41) is 0. The van der Waals surface area contributed by atoms with Gasteiger partial charge in [0.25, 0.3) is 0 Å². The molecule has 1 aromatic rings. The Balaban J connectivity index is 2.33. The lowest BCUT2D eigenvalue weighted by Crippen LogP contribution is -1.99. The van der Waals surface area contributed by atoms with Crippen molar-refractivity contribution in [1.82, 2.24) is 4.98 Å². The van der Waals surface area contributed by atoms with Gasteiger partial charge in [0.1, 0.15) is 5.82 Å². The van der Waals surface area contributed by atoms with E-state index < -0.39 is 0 Å². The average molecular weight is 241 g/mol. The zero-order chi connectivity index (χ0) is 9.26. The third kappa shape index (κ3) is 1.70. The van der Waals surface area contributed by atoms with Gasteiger partial charge >= 0.3 is 0 Å². The summed E-state index contributed by atoms with van der Waals surface area (Å²) in [6, 6.07) is 2.08. The quantitative estimate of drug-likeness (QED) is 0.820. The van der Waals surface area contributed by atoms with E-state index in [4.69, 9.17) is 5.73 Å². The molecule has 2 rings (SSSR count). The molecule has 1 heterocycles. The van der Waals surface area contributed by atoms with E-state index in [-0.39, 0.29) is 0 Å². The second kappa shape index (κ2) is 3.66. The second-order valence-corrected chi connectivity index (χ2v) is 4.37. The maximum absolute atomic E-state index is 5.73. The number of rotatable bonds is 1. The van der Waals surface area contributed by atoms with Crippen molar-refractivity contribution in [1.29, 1.82) is 0 Å². The Hall–Kier alpha value is -0.570. The number of nitrogens with two attached hydrogens (primary N) is 1. The molecule has 0 atom stereocenters. The lowest BCUT2D eigenvalue weighted by Gasteiger charge is -2.12. The Bertz CT molecular complexity index is 306. The summed E-state index contributed by atoms with van der Waals surface area (Å²) in [6.45, 7) is 0. The summed E-state index contributed by atoms with van der Waals surface area (Å²) in [6.07, 6.45) is 7.08. The molecule has 0 radical (unpaired) electrons. The number of nitrogen functional groups attached to an aromatic ring is 1. The van der Waals surface area contributed by atoms with Crippen molar-refractivity contribution < 1.29 is 0 Å². The Morgan fingerprint density at radius 3 is 2.77 bits per heavy atom. The third-order valence-corrected chi connectivity index (χ3v) is 3.61. The van der Waals surface area contributed by atoms with Crippen molar-refractivity contribution in [2.24, 2.45) is 0 Å². The first-order chi connectivity index (χ1) is 6.29. The number of pyridine rings is 1. The van der Waals surface area contributed by atoms with Crippen LogP contribution >= 0.6 is 15.9 Å². The zero-order valence-electron chi connectivity index (χ0n) is 7.46. The van der Waals surface area contributed by atoms with Crippen LogP contribution in [0.25, 0.3) is 0 Å². The van der Waals surface area contributed by atoms with Crippen LogP contribution in [-0.2, 0) is 0 Å². The zero-order valence-corrected chi connectivity index (χ0v) is 9.05. The van der Waals surface area contributed by atoms with Crippen molar-refractivity contribution in [3.8, 4) is 0 Å². The number of aromatic nitrogens is 1. The summed E-state index contributed by atoms with van der Waals surface area (Å²) < 4.78 is 1.00. The van der Waals surface area contributed by atoms with Gasteiger partial charge in [-0.15, -0.1) is 0 Å². The molecule has 1 aliphatic rings. The molecule has 13 heavy (non-hydrogen) atoms. The minimum absolute atomic E-state index is 0.615. The maximum atomic E-state index is 5.73. The molecule has 0 spiro atoms. The summed E-state index contributed by atoms with van der Waals surface area (Å²) in [4.78, 5) is 4.04. The first-order valence-corrected chi connectivity index (χ1v) is 5.48. The van der Waals surface area contributed by atoms with E-state index in [1.54, 1.807) is 6.20 Å². The summed E-state index contributed by atoms with van der Waals surface area (Å²) in [5.74, 6) is 1.31. The fourth-order valence-corrected chi connectivity index (χ4v) is 2.59. The molecule has 0 aliphatic heterocycles. The predicted molar refractivity (Wildman–Crippen MR) is 57.6 cm³/mol. The lowest BCUT2D eigenvalue weighted by molar-refractivity contribution is 0.718. The molecule has 1 aromatic heterocycles. The third-order valence-electron chi connectivity index (χ3n) is 2.74. The molecular formula is C10H13BrN2. The lowest BCUT2D eigenvalue weighted by atomic mass is 9.99. The molecule has 2 N–H and O–H groups in total. The van der Waals surface area contributed by atoms with E-state index in [0.717, 1.165) is 4.47 Å². The number of halogens is 1. The predicted octanol–water partition coefficient (Wildman–Crippen LogP) is 3.08. The Morgan fingerprint density at radius 2 is 2.08 bits per heavy atom. The van der Waals surface area contributed by atoms with Crippen LogP contribution in [-0.4, -0.2) is 4.98 Å². The molecule has 0 saturated heterocycles. The first kappa shape index (κ1) is 9.00. The fraction of sp³-hybridized carbons (Fsp3) is 0.500. The average Bonchev–Trinajstić information content (AvgIpc) is 2.62. The highest BCUT2D eigenvalue weighted by molar-refractivity contribution is 9.10. The van der Waals surface area contributed by atoms with Crippen LogP contribution in [0.2, 0.25) is 0 Å². The topological polar surface area (TPSA) is 38.9 Å². The highest BCUT2D eigenvalue weighted by Crippen LogP contribution is 2.38. The van der Waals surface area contributed by atoms with Crippen LogP contribution in [0, 0.1) is 0 Å². The number of anilines is 1. The van der Waals surface area contributed by atoms with Crippen LogP contribution in [0.3, 0.4) is 0 Å². The van der Waals surface area contributed by atoms with Gasteiger partial charge in [0.2, 0.25) is 0 Å². The number of hydrogen-bond donors (Lipinski definition) is 1. The van der Waals surface area contributed by atoms with Crippen LogP contribution in [0.4, 0.5) is 5.82 Å². The van der Waals surface area contributed by atoms with Crippen LogP contribution in [0.15, 0.2) is 16.7 Å². The van der Waals surface area contributed by atoms with Gasteiger partial charge in [-0.05, 0) is 46.3 Å². The van der Waals surface area contributed by atoms with Crippen molar-refractivity contribution in [2.45, 2.75) is 31.6 Å². The van der Waals surface area contributed by atoms with Crippen molar-refractivity contribution >= 4 is 21.7 Å². The maximum Gasteiger partial charge on any atom is 0.137 e. The molecule has 0 bridgehead atoms. The van der Waals surface area contributed by atoms with Crippen LogP contribution in [0.1, 0.15) is 37.2 Å². The summed E-state index contributed by atoms with van der Waals surface area (Å²) >= 11 is 3.50. The van der Waals surface area contributed by atoms with Crippen LogP contribution < -0.4 is 5.73 Å². The molecule has 0 amide bonds. The molecule has 0 aromatic carbocycles. The van der Waals surface area contributed by atoms with Crippen molar-refractivity contribution in [3.05, 3.63) is 22.3 Å². The van der Waals surface area contributed by atoms with Gasteiger partial charge in [-0.3, -0.25) is 0 Å². The molecule has 2 nitrogen and oxygen atoms in total. The molecule has 3 heteroatoms. The highest BCUT2D eigenvalue weighted by Gasteiger charge is 2.20. The van der Waals surface area contributed by atoms with Gasteiger partial charge in [0, 0.05) is 6.20 Å². The Labute approximate surface area is 86.7 Å². The molecule has 1 aliphatic carbocycles. The van der Waals surface area contributed by atoms with E-state index >= 15 is 0 Å². The molecule has 70 valence electrons. The minimum atomic E-state index is 0.615. The van der Waals surface area contributed by atoms with Crippen molar-refractivity contribution in [3.63, 3.8) is 0 Å². The molecular weight excluding hydrogens is 228 g/mol. The number of hydrogen-bond acceptors (Lipinski definition) is 2. The minimum Gasteiger partial charge on any atom is -0.383 e. The monoisotopic (exact) mass is 240 g/mol. The van der Waals surface area contributed by atoms with Gasteiger partial charge in [-0.25, -0.2) is 4.98 Å². The van der Waals surface area contributed by atoms with Gasteiger partial charge < -0.3 is 5.73 Å². The number of nitrogens with zero attached hydrogens (tertiary/aromatic N) is 1. The van der Waals surface area contributed by atoms with Gasteiger partial charge in [0.15, 0.2) is 0 Å². The molecule has 1 fully saturated rings. The van der Waals surface area contributed by atoms with Gasteiger partial charge in [-0.1, -0.05) is 12.8 Å². The normalized spacial score (nSPS) is 17.9. The smallest absolute Gasteiger partial charge is 0.137 e. The van der Waals surface area contributed by atoms with Crippen molar-refractivity contribution in [2.75, 3.05) is 5.73 Å². The van der Waals surface area contributed by atoms with E-state index in [0.29, 0.717) is 11.7 Å². The van der Waals surface area contributed by atoms with E-state index in [1.165, 1.54) is 31.2 Å². The SMILES string of the molecule is Nc1nccc(C2CCCC2)c1Br. The van der Waals surface area contributed by atoms with Crippen LogP contribution in [0.5, 0.6) is 0 Å².